The van der Waals surface area contributed by atoms with Crippen molar-refractivity contribution < 1.29 is 9.18 Å². The van der Waals surface area contributed by atoms with Crippen LogP contribution in [0.3, 0.4) is 0 Å². The van der Waals surface area contributed by atoms with Crippen LogP contribution >= 0.6 is 15.9 Å². The Labute approximate surface area is 154 Å². The number of rotatable bonds is 5. The Balaban J connectivity index is 1.80. The maximum atomic E-state index is 13.2. The van der Waals surface area contributed by atoms with Crippen molar-refractivity contribution in [3.63, 3.8) is 0 Å². The monoisotopic (exact) mass is 397 g/mol. The lowest BCUT2D eigenvalue weighted by molar-refractivity contribution is 0.0951. The van der Waals surface area contributed by atoms with Crippen LogP contribution in [0.4, 0.5) is 4.39 Å². The molecule has 3 aromatic rings. The molecule has 3 aromatic carbocycles. The van der Waals surface area contributed by atoms with Crippen molar-refractivity contribution in [1.29, 1.82) is 0 Å². The molecule has 0 fully saturated rings. The van der Waals surface area contributed by atoms with Crippen LogP contribution in [0.25, 0.3) is 0 Å². The third kappa shape index (κ3) is 4.34. The summed E-state index contributed by atoms with van der Waals surface area (Å²) < 4.78 is 13.7. The van der Waals surface area contributed by atoms with Crippen molar-refractivity contribution in [3.05, 3.63) is 106 Å². The molecule has 25 heavy (non-hydrogen) atoms. The molecule has 0 saturated carbocycles. The van der Waals surface area contributed by atoms with Crippen molar-refractivity contribution in [2.24, 2.45) is 0 Å². The predicted octanol–water partition coefficient (Wildman–Crippen LogP) is 5.15. The second-order valence-corrected chi connectivity index (χ2v) is 6.56. The summed E-state index contributed by atoms with van der Waals surface area (Å²) in [5.41, 5.74) is 2.68. The number of benzene rings is 3. The zero-order valence-electron chi connectivity index (χ0n) is 13.5. The molecule has 126 valence electrons. The predicted molar refractivity (Wildman–Crippen MR) is 101 cm³/mol. The summed E-state index contributed by atoms with van der Waals surface area (Å²) in [5.74, 6) is -0.566. The van der Waals surface area contributed by atoms with Gasteiger partial charge in [0.2, 0.25) is 0 Å². The second kappa shape index (κ2) is 8.08. The van der Waals surface area contributed by atoms with Crippen LogP contribution in [-0.4, -0.2) is 12.5 Å². The van der Waals surface area contributed by atoms with Gasteiger partial charge in [0.25, 0.3) is 5.91 Å². The Morgan fingerprint density at radius 2 is 1.48 bits per heavy atom. The summed E-state index contributed by atoms with van der Waals surface area (Å²) >= 11 is 3.24. The quantitative estimate of drug-likeness (QED) is 0.633. The van der Waals surface area contributed by atoms with Gasteiger partial charge in [-0.25, -0.2) is 4.39 Å². The third-order valence-corrected chi connectivity index (χ3v) is 4.70. The van der Waals surface area contributed by atoms with E-state index in [0.29, 0.717) is 16.6 Å². The minimum atomic E-state index is -0.380. The number of carbonyl (C=O) groups excluding carboxylic acids is 1. The summed E-state index contributed by atoms with van der Waals surface area (Å²) in [6, 6.07) is 24.2. The van der Waals surface area contributed by atoms with Crippen molar-refractivity contribution in [3.8, 4) is 0 Å². The minimum absolute atomic E-state index is 0.0468. The molecule has 1 amide bonds. The van der Waals surface area contributed by atoms with Crippen molar-refractivity contribution >= 4 is 21.8 Å². The summed E-state index contributed by atoms with van der Waals surface area (Å²) in [5, 5.41) is 2.96. The van der Waals surface area contributed by atoms with Gasteiger partial charge in [-0.3, -0.25) is 4.79 Å². The maximum absolute atomic E-state index is 13.2. The number of nitrogens with one attached hydrogen (secondary N) is 1. The van der Waals surface area contributed by atoms with Crippen molar-refractivity contribution in [2.45, 2.75) is 5.92 Å². The summed E-state index contributed by atoms with van der Waals surface area (Å²) in [7, 11) is 0. The molecule has 2 nitrogen and oxygen atoms in total. The lowest BCUT2D eigenvalue weighted by atomic mass is 9.91. The first kappa shape index (κ1) is 17.4. The van der Waals surface area contributed by atoms with Crippen molar-refractivity contribution in [1.82, 2.24) is 5.32 Å². The maximum Gasteiger partial charge on any atom is 0.252 e. The van der Waals surface area contributed by atoms with E-state index in [0.717, 1.165) is 11.1 Å². The Morgan fingerprint density at radius 3 is 2.00 bits per heavy atom. The van der Waals surface area contributed by atoms with E-state index in [4.69, 9.17) is 0 Å². The smallest absolute Gasteiger partial charge is 0.252 e. The molecule has 1 N–H and O–H groups in total. The third-order valence-electron chi connectivity index (χ3n) is 4.05. The SMILES string of the molecule is O=C(NCC(c1ccccc1)c1ccccc1)c1ccc(F)cc1Br. The molecule has 0 atom stereocenters. The molecule has 0 heterocycles. The minimum Gasteiger partial charge on any atom is -0.351 e. The Bertz CT molecular complexity index is 813. The fourth-order valence-electron chi connectivity index (χ4n) is 2.76. The Hall–Kier alpha value is -2.46. The van der Waals surface area contributed by atoms with Crippen LogP contribution in [0.2, 0.25) is 0 Å². The van der Waals surface area contributed by atoms with Gasteiger partial charge in [-0.1, -0.05) is 60.7 Å². The van der Waals surface area contributed by atoms with Crippen LogP contribution in [0.5, 0.6) is 0 Å². The highest BCUT2D eigenvalue weighted by molar-refractivity contribution is 9.10. The number of hydrogen-bond donors (Lipinski definition) is 1. The largest absolute Gasteiger partial charge is 0.351 e. The van der Waals surface area contributed by atoms with Gasteiger partial charge in [0.15, 0.2) is 0 Å². The van der Waals surface area contributed by atoms with Gasteiger partial charge in [-0.2, -0.15) is 0 Å². The van der Waals surface area contributed by atoms with E-state index in [9.17, 15) is 9.18 Å². The van der Waals surface area contributed by atoms with E-state index >= 15 is 0 Å². The summed E-state index contributed by atoms with van der Waals surface area (Å²) in [6.07, 6.45) is 0. The van der Waals surface area contributed by atoms with Gasteiger partial charge in [0.05, 0.1) is 5.56 Å². The fourth-order valence-corrected chi connectivity index (χ4v) is 3.29. The second-order valence-electron chi connectivity index (χ2n) is 5.71. The molecule has 0 bridgehead atoms. The Morgan fingerprint density at radius 1 is 0.920 bits per heavy atom. The van der Waals surface area contributed by atoms with E-state index in [2.05, 4.69) is 45.5 Å². The highest BCUT2D eigenvalue weighted by Crippen LogP contribution is 2.24. The first-order valence-electron chi connectivity index (χ1n) is 7.98. The zero-order chi connectivity index (χ0) is 17.6. The molecule has 3 rings (SSSR count). The van der Waals surface area contributed by atoms with Crippen LogP contribution in [0, 0.1) is 5.82 Å². The summed E-state index contributed by atoms with van der Waals surface area (Å²) in [6.45, 7) is 0.455. The number of carbonyl (C=O) groups is 1. The van der Waals surface area contributed by atoms with Gasteiger partial charge in [0.1, 0.15) is 5.82 Å². The van der Waals surface area contributed by atoms with Gasteiger partial charge < -0.3 is 5.32 Å². The van der Waals surface area contributed by atoms with E-state index in [1.54, 1.807) is 0 Å². The molecule has 0 aliphatic rings. The molecule has 0 saturated heterocycles. The van der Waals surface area contributed by atoms with Crippen LogP contribution in [0.15, 0.2) is 83.3 Å². The molecular weight excluding hydrogens is 381 g/mol. The van der Waals surface area contributed by atoms with E-state index in [1.165, 1.54) is 18.2 Å². The highest BCUT2D eigenvalue weighted by atomic mass is 79.9. The molecule has 4 heteroatoms. The fraction of sp³-hybridized carbons (Fsp3) is 0.0952. The van der Waals surface area contributed by atoms with Gasteiger partial charge in [0, 0.05) is 16.9 Å². The molecular formula is C21H17BrFNO. The van der Waals surface area contributed by atoms with Gasteiger partial charge >= 0.3 is 0 Å². The van der Waals surface area contributed by atoms with Crippen LogP contribution in [-0.2, 0) is 0 Å². The van der Waals surface area contributed by atoms with Crippen LogP contribution in [0.1, 0.15) is 27.4 Å². The first-order chi connectivity index (χ1) is 12.1. The van der Waals surface area contributed by atoms with E-state index < -0.39 is 0 Å². The van der Waals surface area contributed by atoms with Gasteiger partial charge in [-0.05, 0) is 45.3 Å². The number of amides is 1. The normalized spacial score (nSPS) is 10.7. The average Bonchev–Trinajstić information content (AvgIpc) is 2.63. The molecule has 0 unspecified atom stereocenters. The van der Waals surface area contributed by atoms with Crippen molar-refractivity contribution in [2.75, 3.05) is 6.54 Å². The highest BCUT2D eigenvalue weighted by Gasteiger charge is 2.17. The van der Waals surface area contributed by atoms with E-state index in [-0.39, 0.29) is 17.6 Å². The summed E-state index contributed by atoms with van der Waals surface area (Å²) in [4.78, 5) is 12.5. The lowest BCUT2D eigenvalue weighted by Gasteiger charge is -2.19. The average molecular weight is 398 g/mol. The van der Waals surface area contributed by atoms with Gasteiger partial charge in [-0.15, -0.1) is 0 Å². The molecule has 0 aromatic heterocycles. The Kier molecular flexibility index (Phi) is 5.61. The standard InChI is InChI=1S/C21H17BrFNO/c22-20-13-17(23)11-12-18(20)21(25)24-14-19(15-7-3-1-4-8-15)16-9-5-2-6-10-16/h1-13,19H,14H2,(H,24,25). The topological polar surface area (TPSA) is 29.1 Å². The molecule has 0 radical (unpaired) electrons. The molecule has 0 aliphatic heterocycles. The number of halogens is 2. The first-order valence-corrected chi connectivity index (χ1v) is 8.77. The van der Waals surface area contributed by atoms with E-state index in [1.807, 2.05) is 36.4 Å². The molecule has 0 aliphatic carbocycles. The van der Waals surface area contributed by atoms with Crippen LogP contribution < -0.4 is 5.32 Å². The lowest BCUT2D eigenvalue weighted by Crippen LogP contribution is -2.29. The molecule has 0 spiro atoms. The zero-order valence-corrected chi connectivity index (χ0v) is 15.0. The number of hydrogen-bond acceptors (Lipinski definition) is 1.